The minimum absolute atomic E-state index is 0.292. The fourth-order valence-electron chi connectivity index (χ4n) is 2.90. The molecule has 2 N–H and O–H groups in total. The van der Waals surface area contributed by atoms with E-state index in [2.05, 4.69) is 25.6 Å². The van der Waals surface area contributed by atoms with Crippen LogP contribution >= 0.6 is 23.2 Å². The van der Waals surface area contributed by atoms with E-state index in [-0.39, 0.29) is 0 Å². The molecule has 0 radical (unpaired) electrons. The molecular formula is C22H16Cl2FN5O2. The molecule has 4 aromatic rings. The van der Waals surface area contributed by atoms with Gasteiger partial charge in [0, 0.05) is 23.0 Å². The summed E-state index contributed by atoms with van der Waals surface area (Å²) in [5.41, 5.74) is 0.300. The Morgan fingerprint density at radius 3 is 2.66 bits per heavy atom. The van der Waals surface area contributed by atoms with Crippen LogP contribution in [0.15, 0.2) is 67.1 Å². The Hall–Kier alpha value is -3.49. The Kier molecular flexibility index (Phi) is 6.63. The lowest BCUT2D eigenvalue weighted by Gasteiger charge is -2.12. The summed E-state index contributed by atoms with van der Waals surface area (Å²) in [6, 6.07) is 15.7. The Morgan fingerprint density at radius 1 is 1.06 bits per heavy atom. The Morgan fingerprint density at radius 2 is 1.91 bits per heavy atom. The van der Waals surface area contributed by atoms with Gasteiger partial charge in [0.1, 0.15) is 24.5 Å². The molecule has 32 heavy (non-hydrogen) atoms. The third-order valence-electron chi connectivity index (χ3n) is 4.40. The predicted octanol–water partition coefficient (Wildman–Crippen LogP) is 5.47. The Labute approximate surface area is 192 Å². The Bertz CT molecular complexity index is 1260. The lowest BCUT2D eigenvalue weighted by atomic mass is 10.2. The molecule has 0 aliphatic carbocycles. The maximum Gasteiger partial charge on any atom is 0.274 e. The number of nitrogens with zero attached hydrogens (tertiary/aromatic N) is 3. The smallest absolute Gasteiger partial charge is 0.274 e. The van der Waals surface area contributed by atoms with Crippen LogP contribution < -0.4 is 15.4 Å². The monoisotopic (exact) mass is 471 g/mol. The fourth-order valence-corrected chi connectivity index (χ4v) is 3.19. The van der Waals surface area contributed by atoms with Gasteiger partial charge in [-0.15, -0.1) is 0 Å². The predicted molar refractivity (Wildman–Crippen MR) is 122 cm³/mol. The molecule has 0 aliphatic heterocycles. The highest BCUT2D eigenvalue weighted by Gasteiger charge is 2.14. The van der Waals surface area contributed by atoms with Crippen molar-refractivity contribution in [2.75, 3.05) is 10.6 Å². The molecule has 0 aliphatic rings. The average molecular weight is 472 g/mol. The second-order valence-corrected chi connectivity index (χ2v) is 7.41. The van der Waals surface area contributed by atoms with Crippen LogP contribution in [-0.2, 0) is 11.4 Å². The molecule has 1 atom stereocenters. The van der Waals surface area contributed by atoms with Crippen LogP contribution in [0.1, 0.15) is 5.69 Å². The molecule has 0 saturated carbocycles. The van der Waals surface area contributed by atoms with Gasteiger partial charge < -0.3 is 15.4 Å². The number of aromatic nitrogens is 3. The molecule has 162 valence electrons. The standard InChI is InChI=1S/C22H16Cl2FN5O2/c23-17-10-14(5-7-19(17)32-11-15-3-1-2-8-26-15)29-21-16-9-13(30-22(31)20(24)25)4-6-18(16)27-12-28-21/h1-10,12,20H,11H2,(H,30,31)(H,27,28,29). The minimum atomic E-state index is -2.14. The first-order valence-corrected chi connectivity index (χ1v) is 10.2. The normalized spacial score (nSPS) is 11.7. The molecule has 1 amide bonds. The zero-order chi connectivity index (χ0) is 22.5. The second-order valence-electron chi connectivity index (χ2n) is 6.62. The first kappa shape index (κ1) is 21.7. The first-order valence-electron chi connectivity index (χ1n) is 9.42. The zero-order valence-corrected chi connectivity index (χ0v) is 17.9. The van der Waals surface area contributed by atoms with Gasteiger partial charge in [-0.1, -0.05) is 29.3 Å². The summed E-state index contributed by atoms with van der Waals surface area (Å²) in [6.07, 6.45) is 3.10. The topological polar surface area (TPSA) is 89.0 Å². The van der Waals surface area contributed by atoms with E-state index in [0.717, 1.165) is 5.69 Å². The van der Waals surface area contributed by atoms with E-state index in [4.69, 9.17) is 27.9 Å². The average Bonchev–Trinajstić information content (AvgIpc) is 2.79. The van der Waals surface area contributed by atoms with Crippen LogP contribution in [-0.4, -0.2) is 26.5 Å². The number of alkyl halides is 2. The number of carbonyl (C=O) groups is 1. The number of halogens is 3. The highest BCUT2D eigenvalue weighted by atomic mass is 35.5. The van der Waals surface area contributed by atoms with Gasteiger partial charge in [0.25, 0.3) is 11.5 Å². The first-order chi connectivity index (χ1) is 15.5. The molecule has 0 bridgehead atoms. The van der Waals surface area contributed by atoms with Gasteiger partial charge in [-0.25, -0.2) is 14.4 Å². The molecule has 7 nitrogen and oxygen atoms in total. The van der Waals surface area contributed by atoms with Crippen LogP contribution in [0, 0.1) is 0 Å². The van der Waals surface area contributed by atoms with Gasteiger partial charge in [0.2, 0.25) is 0 Å². The van der Waals surface area contributed by atoms with Crippen LogP contribution in [0.5, 0.6) is 5.75 Å². The molecule has 2 heterocycles. The number of pyridine rings is 1. The van der Waals surface area contributed by atoms with Crippen LogP contribution in [0.4, 0.5) is 21.6 Å². The largest absolute Gasteiger partial charge is 0.486 e. The Balaban J connectivity index is 1.53. The van der Waals surface area contributed by atoms with Gasteiger partial charge >= 0.3 is 0 Å². The lowest BCUT2D eigenvalue weighted by molar-refractivity contribution is -0.118. The van der Waals surface area contributed by atoms with Crippen molar-refractivity contribution in [1.82, 2.24) is 15.0 Å². The highest BCUT2D eigenvalue weighted by molar-refractivity contribution is 6.32. The summed E-state index contributed by atoms with van der Waals surface area (Å²) in [5.74, 6) is 0.0414. The molecule has 2 aromatic carbocycles. The number of ether oxygens (including phenoxy) is 1. The van der Waals surface area contributed by atoms with E-state index in [0.29, 0.717) is 45.5 Å². The second kappa shape index (κ2) is 9.76. The number of amides is 1. The summed E-state index contributed by atoms with van der Waals surface area (Å²) in [7, 11) is 0. The molecule has 1 unspecified atom stereocenters. The SMILES string of the molecule is O=C(Nc1ccc2ncnc(Nc3ccc(OCc4ccccn4)c(Cl)c3)c2c1)C(F)Cl. The number of carbonyl (C=O) groups excluding carboxylic acids is 1. The van der Waals surface area contributed by atoms with E-state index < -0.39 is 11.5 Å². The molecule has 0 saturated heterocycles. The summed E-state index contributed by atoms with van der Waals surface area (Å²) >= 11 is 11.6. The summed E-state index contributed by atoms with van der Waals surface area (Å²) in [4.78, 5) is 24.2. The van der Waals surface area contributed by atoms with Crippen molar-refractivity contribution in [2.45, 2.75) is 12.2 Å². The molecular weight excluding hydrogens is 456 g/mol. The molecule has 0 spiro atoms. The van der Waals surface area contributed by atoms with E-state index >= 15 is 0 Å². The number of nitrogens with one attached hydrogen (secondary N) is 2. The van der Waals surface area contributed by atoms with Gasteiger partial charge in [-0.3, -0.25) is 9.78 Å². The third-order valence-corrected chi connectivity index (χ3v) is 4.89. The van der Waals surface area contributed by atoms with Gasteiger partial charge in [-0.2, -0.15) is 0 Å². The molecule has 10 heteroatoms. The van der Waals surface area contributed by atoms with E-state index in [1.165, 1.54) is 6.33 Å². The van der Waals surface area contributed by atoms with Gasteiger partial charge in [0.15, 0.2) is 0 Å². The number of hydrogen-bond acceptors (Lipinski definition) is 6. The van der Waals surface area contributed by atoms with Crippen molar-refractivity contribution < 1.29 is 13.9 Å². The number of fused-ring (bicyclic) bond motifs is 1. The van der Waals surface area contributed by atoms with E-state index in [1.807, 2.05) is 18.2 Å². The van der Waals surface area contributed by atoms with Crippen molar-refractivity contribution in [2.24, 2.45) is 0 Å². The minimum Gasteiger partial charge on any atom is -0.486 e. The van der Waals surface area contributed by atoms with Crippen molar-refractivity contribution >= 4 is 57.2 Å². The van der Waals surface area contributed by atoms with Crippen molar-refractivity contribution in [3.05, 3.63) is 77.8 Å². The van der Waals surface area contributed by atoms with Gasteiger partial charge in [0.05, 0.1) is 16.2 Å². The van der Waals surface area contributed by atoms with Crippen LogP contribution in [0.3, 0.4) is 0 Å². The number of benzene rings is 2. The van der Waals surface area contributed by atoms with Crippen LogP contribution in [0.2, 0.25) is 5.02 Å². The summed E-state index contributed by atoms with van der Waals surface area (Å²) in [5, 5.41) is 6.60. The third kappa shape index (κ3) is 5.22. The number of hydrogen-bond donors (Lipinski definition) is 2. The van der Waals surface area contributed by atoms with E-state index in [9.17, 15) is 9.18 Å². The molecule has 4 rings (SSSR count). The lowest BCUT2D eigenvalue weighted by Crippen LogP contribution is -2.19. The number of rotatable bonds is 7. The van der Waals surface area contributed by atoms with Gasteiger partial charge in [-0.05, 0) is 48.5 Å². The summed E-state index contributed by atoms with van der Waals surface area (Å²) < 4.78 is 18.7. The highest BCUT2D eigenvalue weighted by Crippen LogP contribution is 2.31. The maximum atomic E-state index is 13.0. The zero-order valence-electron chi connectivity index (χ0n) is 16.4. The quantitative estimate of drug-likeness (QED) is 0.347. The fraction of sp³-hybridized carbons (Fsp3) is 0.0909. The molecule has 0 fully saturated rings. The van der Waals surface area contributed by atoms with Crippen LogP contribution in [0.25, 0.3) is 10.9 Å². The van der Waals surface area contributed by atoms with E-state index in [1.54, 1.807) is 42.6 Å². The molecule has 2 aromatic heterocycles. The van der Waals surface area contributed by atoms with Crippen molar-refractivity contribution in [1.29, 1.82) is 0 Å². The number of anilines is 3. The maximum absolute atomic E-state index is 13.0. The summed E-state index contributed by atoms with van der Waals surface area (Å²) in [6.45, 7) is 0.292. The van der Waals surface area contributed by atoms with Crippen molar-refractivity contribution in [3.63, 3.8) is 0 Å². The van der Waals surface area contributed by atoms with Crippen molar-refractivity contribution in [3.8, 4) is 5.75 Å².